The van der Waals surface area contributed by atoms with Gasteiger partial charge in [-0.1, -0.05) is 0 Å². The third kappa shape index (κ3) is 2.89. The van der Waals surface area contributed by atoms with Gasteiger partial charge in [0.2, 0.25) is 0 Å². The first kappa shape index (κ1) is 11.7. The van der Waals surface area contributed by atoms with Gasteiger partial charge in [0.05, 0.1) is 24.5 Å². The Hall–Kier alpha value is -1.73. The quantitative estimate of drug-likeness (QED) is 0.864. The zero-order chi connectivity index (χ0) is 12.1. The third-order valence-corrected chi connectivity index (χ3v) is 2.89. The van der Waals surface area contributed by atoms with Crippen LogP contribution < -0.4 is 10.1 Å². The molecule has 17 heavy (non-hydrogen) atoms. The summed E-state index contributed by atoms with van der Waals surface area (Å²) >= 11 is 0. The molecule has 4 heteroatoms. The molecule has 90 valence electrons. The second-order valence-corrected chi connectivity index (χ2v) is 4.04. The van der Waals surface area contributed by atoms with Crippen molar-refractivity contribution in [2.24, 2.45) is 0 Å². The van der Waals surface area contributed by atoms with Gasteiger partial charge in [0.25, 0.3) is 0 Å². The summed E-state index contributed by atoms with van der Waals surface area (Å²) in [6.07, 6.45) is 2.46. The van der Waals surface area contributed by atoms with E-state index in [-0.39, 0.29) is 6.10 Å². The van der Waals surface area contributed by atoms with Crippen molar-refractivity contribution in [1.29, 1.82) is 5.26 Å². The first-order valence-electron chi connectivity index (χ1n) is 5.77. The largest absolute Gasteiger partial charge is 0.497 e. The Morgan fingerprint density at radius 1 is 1.59 bits per heavy atom. The van der Waals surface area contributed by atoms with E-state index in [2.05, 4.69) is 11.4 Å². The summed E-state index contributed by atoms with van der Waals surface area (Å²) in [6, 6.07) is 7.55. The fraction of sp³-hybridized carbons (Fsp3) is 0.462. The lowest BCUT2D eigenvalue weighted by Gasteiger charge is -2.13. The van der Waals surface area contributed by atoms with Crippen LogP contribution in [0.5, 0.6) is 5.75 Å². The van der Waals surface area contributed by atoms with E-state index in [0.717, 1.165) is 37.4 Å². The molecule has 0 bridgehead atoms. The van der Waals surface area contributed by atoms with E-state index in [1.54, 1.807) is 19.2 Å². The Bertz CT molecular complexity index is 420. The monoisotopic (exact) mass is 232 g/mol. The lowest BCUT2D eigenvalue weighted by atomic mass is 10.1. The molecule has 0 spiro atoms. The van der Waals surface area contributed by atoms with Gasteiger partial charge in [0.1, 0.15) is 11.8 Å². The van der Waals surface area contributed by atoms with Crippen LogP contribution in [0.25, 0.3) is 0 Å². The second kappa shape index (κ2) is 5.55. The van der Waals surface area contributed by atoms with E-state index >= 15 is 0 Å². The van der Waals surface area contributed by atoms with Crippen LogP contribution in [0, 0.1) is 11.3 Å². The average molecular weight is 232 g/mol. The van der Waals surface area contributed by atoms with Gasteiger partial charge in [-0.15, -0.1) is 0 Å². The van der Waals surface area contributed by atoms with E-state index in [4.69, 9.17) is 14.7 Å². The normalized spacial score (nSPS) is 18.7. The molecule has 0 aliphatic carbocycles. The van der Waals surface area contributed by atoms with Gasteiger partial charge in [-0.3, -0.25) is 0 Å². The minimum Gasteiger partial charge on any atom is -0.497 e. The number of benzene rings is 1. The van der Waals surface area contributed by atoms with E-state index in [1.165, 1.54) is 0 Å². The molecule has 1 unspecified atom stereocenters. The van der Waals surface area contributed by atoms with E-state index in [1.807, 2.05) is 6.07 Å². The highest BCUT2D eigenvalue weighted by molar-refractivity contribution is 5.60. The number of nitrogens with one attached hydrogen (secondary N) is 1. The second-order valence-electron chi connectivity index (χ2n) is 4.04. The average Bonchev–Trinajstić information content (AvgIpc) is 2.89. The predicted molar refractivity (Wildman–Crippen MR) is 65.2 cm³/mol. The molecular weight excluding hydrogens is 216 g/mol. The zero-order valence-electron chi connectivity index (χ0n) is 9.90. The first-order valence-corrected chi connectivity index (χ1v) is 5.77. The minimum absolute atomic E-state index is 0.257. The minimum atomic E-state index is 0.257. The summed E-state index contributed by atoms with van der Waals surface area (Å²) in [5.74, 6) is 0.749. The summed E-state index contributed by atoms with van der Waals surface area (Å²) < 4.78 is 10.7. The van der Waals surface area contributed by atoms with Crippen LogP contribution in [0.4, 0.5) is 5.69 Å². The SMILES string of the molecule is COc1ccc(C#N)c(NCC2CCCO2)c1. The number of methoxy groups -OCH3 is 1. The Kier molecular flexibility index (Phi) is 3.84. The van der Waals surface area contributed by atoms with Crippen LogP contribution in [-0.4, -0.2) is 26.4 Å². The highest BCUT2D eigenvalue weighted by Gasteiger charge is 2.15. The molecule has 0 aromatic heterocycles. The number of rotatable bonds is 4. The van der Waals surface area contributed by atoms with Gasteiger partial charge in [-0.05, 0) is 25.0 Å². The fourth-order valence-corrected chi connectivity index (χ4v) is 1.92. The van der Waals surface area contributed by atoms with Crippen molar-refractivity contribution in [3.8, 4) is 11.8 Å². The molecular formula is C13H16N2O2. The highest BCUT2D eigenvalue weighted by Crippen LogP contribution is 2.22. The van der Waals surface area contributed by atoms with Gasteiger partial charge in [0, 0.05) is 19.2 Å². The van der Waals surface area contributed by atoms with Crippen LogP contribution in [0.3, 0.4) is 0 Å². The maximum atomic E-state index is 9.01. The van der Waals surface area contributed by atoms with E-state index in [9.17, 15) is 0 Å². The fourth-order valence-electron chi connectivity index (χ4n) is 1.92. The molecule has 1 atom stereocenters. The van der Waals surface area contributed by atoms with Gasteiger partial charge in [0.15, 0.2) is 0 Å². The van der Waals surface area contributed by atoms with Gasteiger partial charge < -0.3 is 14.8 Å². The van der Waals surface area contributed by atoms with Crippen molar-refractivity contribution in [3.05, 3.63) is 23.8 Å². The summed E-state index contributed by atoms with van der Waals surface area (Å²) in [4.78, 5) is 0. The van der Waals surface area contributed by atoms with Crippen molar-refractivity contribution >= 4 is 5.69 Å². The molecule has 1 aromatic rings. The first-order chi connectivity index (χ1) is 8.33. The summed E-state index contributed by atoms with van der Waals surface area (Å²) in [5, 5.41) is 12.3. The van der Waals surface area contributed by atoms with Crippen LogP contribution in [-0.2, 0) is 4.74 Å². The van der Waals surface area contributed by atoms with Gasteiger partial charge in [-0.25, -0.2) is 0 Å². The molecule has 1 aliphatic rings. The lowest BCUT2D eigenvalue weighted by molar-refractivity contribution is 0.120. The predicted octanol–water partition coefficient (Wildman–Crippen LogP) is 2.16. The van der Waals surface area contributed by atoms with Gasteiger partial charge in [-0.2, -0.15) is 5.26 Å². The van der Waals surface area contributed by atoms with E-state index < -0.39 is 0 Å². The maximum Gasteiger partial charge on any atom is 0.121 e. The summed E-state index contributed by atoms with van der Waals surface area (Å²) in [7, 11) is 1.62. The Morgan fingerprint density at radius 2 is 2.47 bits per heavy atom. The van der Waals surface area contributed by atoms with Crippen molar-refractivity contribution in [1.82, 2.24) is 0 Å². The number of nitrogens with zero attached hydrogens (tertiary/aromatic N) is 1. The molecule has 2 rings (SSSR count). The number of hydrogen-bond donors (Lipinski definition) is 1. The maximum absolute atomic E-state index is 9.01. The van der Waals surface area contributed by atoms with E-state index in [0.29, 0.717) is 5.56 Å². The Morgan fingerprint density at radius 3 is 3.12 bits per heavy atom. The molecule has 1 aromatic carbocycles. The molecule has 0 radical (unpaired) electrons. The standard InChI is InChI=1S/C13H16N2O2/c1-16-11-5-4-10(8-14)13(7-11)15-9-12-3-2-6-17-12/h4-5,7,12,15H,2-3,6,9H2,1H3. The van der Waals surface area contributed by atoms with Crippen LogP contribution >= 0.6 is 0 Å². The number of ether oxygens (including phenoxy) is 2. The summed E-state index contributed by atoms with van der Waals surface area (Å²) in [6.45, 7) is 1.58. The molecule has 0 saturated carbocycles. The topological polar surface area (TPSA) is 54.3 Å². The molecule has 1 aliphatic heterocycles. The molecule has 1 N–H and O–H groups in total. The van der Waals surface area contributed by atoms with Gasteiger partial charge >= 0.3 is 0 Å². The van der Waals surface area contributed by atoms with Crippen molar-refractivity contribution < 1.29 is 9.47 Å². The number of nitriles is 1. The lowest BCUT2D eigenvalue weighted by Crippen LogP contribution is -2.18. The number of anilines is 1. The van der Waals surface area contributed by atoms with Crippen LogP contribution in [0.15, 0.2) is 18.2 Å². The van der Waals surface area contributed by atoms with Crippen molar-refractivity contribution in [2.75, 3.05) is 25.6 Å². The Balaban J connectivity index is 2.04. The smallest absolute Gasteiger partial charge is 0.121 e. The molecule has 4 nitrogen and oxygen atoms in total. The molecule has 1 fully saturated rings. The van der Waals surface area contributed by atoms with Crippen LogP contribution in [0.1, 0.15) is 18.4 Å². The van der Waals surface area contributed by atoms with Crippen molar-refractivity contribution in [2.45, 2.75) is 18.9 Å². The summed E-state index contributed by atoms with van der Waals surface area (Å²) in [5.41, 5.74) is 1.44. The van der Waals surface area contributed by atoms with Crippen LogP contribution in [0.2, 0.25) is 0 Å². The molecule has 1 saturated heterocycles. The molecule has 0 amide bonds. The number of hydrogen-bond acceptors (Lipinski definition) is 4. The van der Waals surface area contributed by atoms with Crippen molar-refractivity contribution in [3.63, 3.8) is 0 Å². The third-order valence-electron chi connectivity index (χ3n) is 2.89. The zero-order valence-corrected chi connectivity index (χ0v) is 9.90. The molecule has 1 heterocycles. The Labute approximate surface area is 101 Å². The highest BCUT2D eigenvalue weighted by atomic mass is 16.5.